The van der Waals surface area contributed by atoms with Crippen molar-refractivity contribution in [3.8, 4) is 0 Å². The zero-order valence-electron chi connectivity index (χ0n) is 23.8. The van der Waals surface area contributed by atoms with Crippen LogP contribution in [0.5, 0.6) is 0 Å². The van der Waals surface area contributed by atoms with Gasteiger partial charge in [0.25, 0.3) is 0 Å². The summed E-state index contributed by atoms with van der Waals surface area (Å²) < 4.78 is 33.4. The number of epoxide rings is 1. The number of ether oxygens (including phenoxy) is 6. The molecule has 0 aromatic carbocycles. The zero-order valence-corrected chi connectivity index (χ0v) is 23.8. The van der Waals surface area contributed by atoms with Crippen molar-refractivity contribution in [3.63, 3.8) is 0 Å². The Kier molecular flexibility index (Phi) is 6.54. The number of aliphatic hydroxyl groups excluding tert-OH is 1. The lowest BCUT2D eigenvalue weighted by atomic mass is 9.48. The van der Waals surface area contributed by atoms with Crippen LogP contribution in [0.2, 0.25) is 0 Å². The number of allylic oxidation sites excluding steroid dienone is 1. The molecule has 1 aliphatic carbocycles. The van der Waals surface area contributed by atoms with E-state index in [1.54, 1.807) is 26.8 Å². The van der Waals surface area contributed by atoms with Crippen LogP contribution in [-0.4, -0.2) is 77.9 Å². The van der Waals surface area contributed by atoms with Gasteiger partial charge in [0.2, 0.25) is 6.29 Å². The monoisotopic (exact) mass is 574 g/mol. The summed E-state index contributed by atoms with van der Waals surface area (Å²) in [7, 11) is 1.26. The molecule has 0 aromatic rings. The van der Waals surface area contributed by atoms with Crippen molar-refractivity contribution in [1.82, 2.24) is 0 Å². The maximum absolute atomic E-state index is 13.2. The van der Waals surface area contributed by atoms with Gasteiger partial charge in [-0.25, -0.2) is 14.4 Å². The van der Waals surface area contributed by atoms with E-state index >= 15 is 0 Å². The summed E-state index contributed by atoms with van der Waals surface area (Å²) in [6.07, 6.45) is -0.894. The third-order valence-electron chi connectivity index (χ3n) is 9.56. The molecule has 0 radical (unpaired) electrons. The average molecular weight is 575 g/mol. The van der Waals surface area contributed by atoms with Crippen LogP contribution >= 0.6 is 0 Å². The molecule has 0 amide bonds. The van der Waals surface area contributed by atoms with Crippen LogP contribution in [0.4, 0.5) is 0 Å². The van der Waals surface area contributed by atoms with Crippen LogP contribution in [0.1, 0.15) is 47.5 Å². The number of methoxy groups -OCH3 is 1. The van der Waals surface area contributed by atoms with Gasteiger partial charge in [0.1, 0.15) is 23.4 Å². The van der Waals surface area contributed by atoms with Gasteiger partial charge in [-0.15, -0.1) is 0 Å². The maximum Gasteiger partial charge on any atom is 0.339 e. The van der Waals surface area contributed by atoms with Crippen molar-refractivity contribution in [2.24, 2.45) is 22.7 Å². The third kappa shape index (κ3) is 4.13. The maximum atomic E-state index is 13.2. The lowest BCUT2D eigenvalue weighted by molar-refractivity contribution is -0.185. The quantitative estimate of drug-likeness (QED) is 0.218. The highest BCUT2D eigenvalue weighted by atomic mass is 16.7. The third-order valence-corrected chi connectivity index (χ3v) is 9.56. The molecule has 4 heterocycles. The van der Waals surface area contributed by atoms with E-state index in [1.807, 2.05) is 6.92 Å². The van der Waals surface area contributed by atoms with E-state index < -0.39 is 88.3 Å². The largest absolute Gasteiger partial charge is 0.469 e. The molecule has 222 valence electrons. The van der Waals surface area contributed by atoms with E-state index in [-0.39, 0.29) is 18.4 Å². The number of aliphatic hydroxyl groups is 1. The molecule has 4 aliphatic heterocycles. The second-order valence-electron chi connectivity index (χ2n) is 12.3. The Balaban J connectivity index is 1.68. The molecule has 5 rings (SSSR count). The van der Waals surface area contributed by atoms with Crippen molar-refractivity contribution in [3.05, 3.63) is 36.0 Å². The minimum atomic E-state index is -1.64. The predicted octanol–water partition coefficient (Wildman–Crippen LogP) is 1.44. The van der Waals surface area contributed by atoms with Gasteiger partial charge >= 0.3 is 29.8 Å². The Bertz CT molecular complexity index is 1310. The van der Waals surface area contributed by atoms with Crippen molar-refractivity contribution < 1.29 is 57.5 Å². The molecule has 41 heavy (non-hydrogen) atoms. The van der Waals surface area contributed by atoms with Crippen molar-refractivity contribution in [1.29, 1.82) is 0 Å². The highest BCUT2D eigenvalue weighted by molar-refractivity contribution is 5.88. The second-order valence-corrected chi connectivity index (χ2v) is 12.3. The Morgan fingerprint density at radius 1 is 1.10 bits per heavy atom. The number of hydrogen-bond donors (Lipinski definition) is 1. The summed E-state index contributed by atoms with van der Waals surface area (Å²) in [5.74, 6) is -4.73. The average Bonchev–Trinajstić information content (AvgIpc) is 3.57. The molecule has 12 nitrogen and oxygen atoms in total. The van der Waals surface area contributed by atoms with Crippen LogP contribution in [0, 0.1) is 22.7 Å². The number of esters is 5. The van der Waals surface area contributed by atoms with Crippen LogP contribution in [0.25, 0.3) is 0 Å². The molecule has 0 aromatic heterocycles. The van der Waals surface area contributed by atoms with E-state index in [1.165, 1.54) is 20.1 Å². The number of rotatable bonds is 5. The smallest absolute Gasteiger partial charge is 0.339 e. The minimum absolute atomic E-state index is 0.0382. The molecule has 2 saturated heterocycles. The number of hydrogen-bond acceptors (Lipinski definition) is 12. The highest BCUT2D eigenvalue weighted by Crippen LogP contribution is 2.70. The molecule has 9 atom stereocenters. The van der Waals surface area contributed by atoms with Crippen molar-refractivity contribution in [2.75, 3.05) is 7.11 Å². The Morgan fingerprint density at radius 3 is 2.37 bits per heavy atom. The molecule has 1 N–H and O–H groups in total. The van der Waals surface area contributed by atoms with Gasteiger partial charge < -0.3 is 33.5 Å². The summed E-state index contributed by atoms with van der Waals surface area (Å²) in [6, 6.07) is 0. The van der Waals surface area contributed by atoms with Gasteiger partial charge in [-0.3, -0.25) is 9.59 Å². The van der Waals surface area contributed by atoms with E-state index in [2.05, 4.69) is 6.58 Å². The Labute approximate surface area is 236 Å². The first-order valence-electron chi connectivity index (χ1n) is 13.4. The first kappa shape index (κ1) is 29.0. The Morgan fingerprint density at radius 2 is 1.78 bits per heavy atom. The van der Waals surface area contributed by atoms with Gasteiger partial charge in [-0.2, -0.15) is 0 Å². The molecule has 3 fully saturated rings. The lowest BCUT2D eigenvalue weighted by Crippen LogP contribution is -2.65. The van der Waals surface area contributed by atoms with Gasteiger partial charge in [0.05, 0.1) is 13.5 Å². The summed E-state index contributed by atoms with van der Waals surface area (Å²) in [4.78, 5) is 63.0. The van der Waals surface area contributed by atoms with Crippen molar-refractivity contribution in [2.45, 2.75) is 83.3 Å². The van der Waals surface area contributed by atoms with Gasteiger partial charge in [-0.1, -0.05) is 26.5 Å². The second kappa shape index (κ2) is 9.25. The number of carbonyl (C=O) groups is 5. The highest BCUT2D eigenvalue weighted by Gasteiger charge is 2.82. The molecule has 5 aliphatic rings. The summed E-state index contributed by atoms with van der Waals surface area (Å²) in [5.41, 5.74) is -4.38. The normalized spacial score (nSPS) is 42.5. The summed E-state index contributed by atoms with van der Waals surface area (Å²) >= 11 is 0. The lowest BCUT2D eigenvalue weighted by Gasteiger charge is -2.57. The van der Waals surface area contributed by atoms with Crippen molar-refractivity contribution >= 4 is 29.8 Å². The zero-order chi connectivity index (χ0) is 30.3. The summed E-state index contributed by atoms with van der Waals surface area (Å²) in [5, 5.41) is 10.5. The van der Waals surface area contributed by atoms with Crippen LogP contribution < -0.4 is 0 Å². The molecule has 1 unspecified atom stereocenters. The Hall–Kier alpha value is -3.51. The standard InChI is InChI=1S/C29H34O12/c1-13-21(27(5)9-8-18(31)40-26(3,4)17(27)11-19(32)36-7)16(37-14(2)30)12-28(6)22(15-10-20(33)38-24(15)34)39-25(35)23-29(13,28)41-23/h8-10,16-17,21-24,34H,1,11-12H2,2-7H3/t16-,17-,21+,22-,23+,24?,27-,28-,29+/m0/s1. The molecule has 12 heteroatoms. The van der Waals surface area contributed by atoms with E-state index in [0.717, 1.165) is 6.08 Å². The first-order valence-corrected chi connectivity index (χ1v) is 13.4. The summed E-state index contributed by atoms with van der Waals surface area (Å²) in [6.45, 7) is 12.6. The molecule has 0 bridgehead atoms. The molecular formula is C29H34O12. The SMILES string of the molecule is C=C1[C@@H]([C@@]2(C)C=CC(=O)OC(C)(C)[C@@H]2CC(=O)OC)[C@@H](OC(C)=O)C[C@@]2(C)[C@H](C3=CC(=O)OC3O)OC(=O)[C@H]3O[C@]132. The number of cyclic esters (lactones) is 3. The number of carbonyl (C=O) groups excluding carboxylic acids is 5. The van der Waals surface area contributed by atoms with E-state index in [4.69, 9.17) is 28.4 Å². The van der Waals surface area contributed by atoms with E-state index in [0.29, 0.717) is 5.57 Å². The van der Waals surface area contributed by atoms with E-state index in [9.17, 15) is 29.1 Å². The van der Waals surface area contributed by atoms with Crippen LogP contribution in [-0.2, 0) is 52.4 Å². The minimum Gasteiger partial charge on any atom is -0.469 e. The van der Waals surface area contributed by atoms with Gasteiger partial charge in [-0.05, 0) is 25.8 Å². The fourth-order valence-electron chi connectivity index (χ4n) is 7.84. The van der Waals surface area contributed by atoms with Gasteiger partial charge in [0, 0.05) is 47.3 Å². The molecule has 1 spiro atoms. The fourth-order valence-corrected chi connectivity index (χ4v) is 7.84. The fraction of sp³-hybridized carbons (Fsp3) is 0.621. The first-order chi connectivity index (χ1) is 19.0. The predicted molar refractivity (Wildman–Crippen MR) is 136 cm³/mol. The van der Waals surface area contributed by atoms with Gasteiger partial charge in [0.15, 0.2) is 6.10 Å². The topological polar surface area (TPSA) is 164 Å². The molecule has 1 saturated carbocycles. The van der Waals surface area contributed by atoms with Crippen LogP contribution in [0.3, 0.4) is 0 Å². The van der Waals surface area contributed by atoms with Crippen LogP contribution in [0.15, 0.2) is 36.0 Å². The molecular weight excluding hydrogens is 540 g/mol.